The van der Waals surface area contributed by atoms with Crippen LogP contribution < -0.4 is 4.73 Å². The van der Waals surface area contributed by atoms with Crippen LogP contribution in [-0.2, 0) is 13.2 Å². The average Bonchev–Trinajstić information content (AvgIpc) is 2.97. The molecule has 0 aliphatic rings. The van der Waals surface area contributed by atoms with Crippen molar-refractivity contribution in [2.75, 3.05) is 0 Å². The molecule has 13 heteroatoms. The first kappa shape index (κ1) is 18.9. The molecule has 0 amide bonds. The number of hydrogen-bond donors (Lipinski definition) is 2. The molecule has 0 atom stereocenters. The molecule has 2 heterocycles. The summed E-state index contributed by atoms with van der Waals surface area (Å²) in [6.07, 6.45) is -3.53. The Kier molecular flexibility index (Phi) is 4.29. The van der Waals surface area contributed by atoms with Gasteiger partial charge in [0.1, 0.15) is 5.56 Å². The van der Waals surface area contributed by atoms with Gasteiger partial charge in [0.2, 0.25) is 5.75 Å². The van der Waals surface area contributed by atoms with Gasteiger partial charge in [-0.1, -0.05) is 0 Å². The Hall–Kier alpha value is -3.90. The molecule has 0 saturated carbocycles. The summed E-state index contributed by atoms with van der Waals surface area (Å²) in [6, 6.07) is 2.61. The van der Waals surface area contributed by atoms with Crippen LogP contribution in [0.4, 0.5) is 18.9 Å². The highest BCUT2D eigenvalue weighted by molar-refractivity contribution is 5.70. The van der Waals surface area contributed by atoms with Crippen LogP contribution in [0.25, 0.3) is 22.8 Å². The van der Waals surface area contributed by atoms with Gasteiger partial charge in [0, 0.05) is 18.7 Å². The number of hydrogen-bond acceptors (Lipinski definition) is 7. The van der Waals surface area contributed by atoms with Crippen LogP contribution >= 0.6 is 0 Å². The van der Waals surface area contributed by atoms with Gasteiger partial charge in [0.05, 0.1) is 10.5 Å². The van der Waals surface area contributed by atoms with Gasteiger partial charge >= 0.3 is 11.9 Å². The van der Waals surface area contributed by atoms with Gasteiger partial charge < -0.3 is 20.0 Å². The number of nitro groups is 1. The lowest BCUT2D eigenvalue weighted by atomic mass is 10.1. The number of phenolic OH excluding ortho intramolecular Hbond substituents is 2. The molecule has 0 bridgehead atoms. The van der Waals surface area contributed by atoms with E-state index in [1.165, 1.54) is 11.6 Å². The van der Waals surface area contributed by atoms with Crippen molar-refractivity contribution in [2.45, 2.75) is 6.18 Å². The lowest BCUT2D eigenvalue weighted by Gasteiger charge is -2.09. The standard InChI is InChI=1S/C15H10F3N5O5/c1-21-13(7-3-10(23(27)28)12(25)11(24)4-7)19-20-14(21)8-2-9(15(16,17)18)6-22(26)5-8/h2-6,24-25H,1H3. The first-order chi connectivity index (χ1) is 13.0. The van der Waals surface area contributed by atoms with E-state index in [1.54, 1.807) is 0 Å². The van der Waals surface area contributed by atoms with Crippen LogP contribution in [0.1, 0.15) is 5.56 Å². The van der Waals surface area contributed by atoms with Gasteiger partial charge in [-0.25, -0.2) is 0 Å². The highest BCUT2D eigenvalue weighted by Gasteiger charge is 2.34. The number of phenols is 2. The topological polar surface area (TPSA) is 141 Å². The Balaban J connectivity index is 2.15. The minimum absolute atomic E-state index is 0.0229. The SMILES string of the molecule is Cn1c(-c2cc(O)c(O)c([N+](=O)[O-])c2)nnc1-c1cc(C(F)(F)F)c[n+]([O-])c1. The first-order valence-corrected chi connectivity index (χ1v) is 7.40. The normalized spacial score (nSPS) is 11.6. The summed E-state index contributed by atoms with van der Waals surface area (Å²) in [5.74, 6) is -1.91. The summed E-state index contributed by atoms with van der Waals surface area (Å²) < 4.78 is 39.9. The van der Waals surface area contributed by atoms with Crippen molar-refractivity contribution >= 4 is 5.69 Å². The van der Waals surface area contributed by atoms with Crippen LogP contribution in [-0.4, -0.2) is 29.9 Å². The molecule has 0 unspecified atom stereocenters. The second kappa shape index (κ2) is 6.37. The molecular weight excluding hydrogens is 387 g/mol. The third-order valence-electron chi connectivity index (χ3n) is 3.83. The molecular formula is C15H10F3N5O5. The van der Waals surface area contributed by atoms with Crippen molar-refractivity contribution in [1.29, 1.82) is 0 Å². The predicted molar refractivity (Wildman–Crippen MR) is 85.8 cm³/mol. The molecule has 0 aliphatic heterocycles. The zero-order valence-electron chi connectivity index (χ0n) is 13.9. The number of pyridine rings is 1. The van der Waals surface area contributed by atoms with E-state index < -0.39 is 33.8 Å². The molecule has 28 heavy (non-hydrogen) atoms. The largest absolute Gasteiger partial charge is 0.619 e. The van der Waals surface area contributed by atoms with E-state index in [1.807, 2.05) is 0 Å². The molecule has 0 saturated heterocycles. The highest BCUT2D eigenvalue weighted by atomic mass is 19.4. The smallest absolute Gasteiger partial charge is 0.422 e. The number of nitro benzene ring substituents is 1. The van der Waals surface area contributed by atoms with Crippen molar-refractivity contribution in [3.8, 4) is 34.3 Å². The van der Waals surface area contributed by atoms with Crippen molar-refractivity contribution in [3.63, 3.8) is 0 Å². The number of nitrogens with zero attached hydrogens (tertiary/aromatic N) is 5. The van der Waals surface area contributed by atoms with Gasteiger partial charge in [0.15, 0.2) is 29.8 Å². The zero-order chi connectivity index (χ0) is 20.8. The fourth-order valence-corrected chi connectivity index (χ4v) is 2.54. The number of alkyl halides is 3. The molecule has 2 N–H and O–H groups in total. The maximum atomic E-state index is 12.9. The minimum atomic E-state index is -4.76. The van der Waals surface area contributed by atoms with Crippen molar-refractivity contribution < 1.29 is 33.0 Å². The molecule has 0 fully saturated rings. The molecule has 0 spiro atoms. The zero-order valence-corrected chi connectivity index (χ0v) is 13.9. The Bertz CT molecular complexity index is 1100. The third-order valence-corrected chi connectivity index (χ3v) is 3.83. The predicted octanol–water partition coefficient (Wildman–Crippen LogP) is 2.12. The van der Waals surface area contributed by atoms with Crippen molar-refractivity contribution in [3.05, 3.63) is 51.5 Å². The molecule has 1 aromatic carbocycles. The van der Waals surface area contributed by atoms with Crippen LogP contribution in [0, 0.1) is 15.3 Å². The van der Waals surface area contributed by atoms with Crippen LogP contribution in [0.2, 0.25) is 0 Å². The van der Waals surface area contributed by atoms with E-state index in [2.05, 4.69) is 10.2 Å². The number of rotatable bonds is 3. The fraction of sp³-hybridized carbons (Fsp3) is 0.133. The van der Waals surface area contributed by atoms with Gasteiger partial charge in [-0.05, 0) is 12.1 Å². The van der Waals surface area contributed by atoms with E-state index >= 15 is 0 Å². The van der Waals surface area contributed by atoms with Gasteiger partial charge in [-0.2, -0.15) is 17.9 Å². The maximum Gasteiger partial charge on any atom is 0.422 e. The minimum Gasteiger partial charge on any atom is -0.619 e. The Morgan fingerprint density at radius 2 is 1.71 bits per heavy atom. The molecule has 3 aromatic rings. The number of benzene rings is 1. The maximum absolute atomic E-state index is 12.9. The van der Waals surface area contributed by atoms with E-state index in [-0.39, 0.29) is 27.5 Å². The molecule has 10 nitrogen and oxygen atoms in total. The lowest BCUT2D eigenvalue weighted by Crippen LogP contribution is -2.28. The van der Waals surface area contributed by atoms with Gasteiger partial charge in [-0.15, -0.1) is 10.2 Å². The second-order valence-electron chi connectivity index (χ2n) is 5.70. The summed E-state index contributed by atoms with van der Waals surface area (Å²) in [5.41, 5.74) is -2.20. The second-order valence-corrected chi connectivity index (χ2v) is 5.70. The summed E-state index contributed by atoms with van der Waals surface area (Å²) in [7, 11) is 1.36. The highest BCUT2D eigenvalue weighted by Crippen LogP contribution is 2.39. The van der Waals surface area contributed by atoms with E-state index in [4.69, 9.17) is 0 Å². The van der Waals surface area contributed by atoms with E-state index in [0.717, 1.165) is 18.3 Å². The fourth-order valence-electron chi connectivity index (χ4n) is 2.54. The van der Waals surface area contributed by atoms with Crippen LogP contribution in [0.15, 0.2) is 30.6 Å². The Morgan fingerprint density at radius 1 is 1.11 bits per heavy atom. The van der Waals surface area contributed by atoms with Crippen LogP contribution in [0.5, 0.6) is 11.5 Å². The lowest BCUT2D eigenvalue weighted by molar-refractivity contribution is -0.606. The number of halogens is 3. The molecule has 146 valence electrons. The van der Waals surface area contributed by atoms with Crippen molar-refractivity contribution in [1.82, 2.24) is 14.8 Å². The Labute approximate surface area is 153 Å². The van der Waals surface area contributed by atoms with E-state index in [9.17, 15) is 38.7 Å². The average molecular weight is 397 g/mol. The van der Waals surface area contributed by atoms with Gasteiger partial charge in [0.25, 0.3) is 0 Å². The summed E-state index contributed by atoms with van der Waals surface area (Å²) in [6.45, 7) is 0. The van der Waals surface area contributed by atoms with Gasteiger partial charge in [-0.3, -0.25) is 10.1 Å². The molecule has 3 rings (SSSR count). The van der Waals surface area contributed by atoms with Crippen LogP contribution in [0.3, 0.4) is 0 Å². The summed E-state index contributed by atoms with van der Waals surface area (Å²) in [4.78, 5) is 10.1. The number of aromatic nitrogens is 4. The molecule has 0 radical (unpaired) electrons. The third kappa shape index (κ3) is 3.24. The quantitative estimate of drug-likeness (QED) is 0.227. The van der Waals surface area contributed by atoms with Crippen molar-refractivity contribution in [2.24, 2.45) is 7.05 Å². The number of aromatic hydroxyl groups is 2. The molecule has 2 aromatic heterocycles. The molecule has 0 aliphatic carbocycles. The Morgan fingerprint density at radius 3 is 2.29 bits per heavy atom. The first-order valence-electron chi connectivity index (χ1n) is 7.40. The monoisotopic (exact) mass is 397 g/mol. The summed E-state index contributed by atoms with van der Waals surface area (Å²) >= 11 is 0. The summed E-state index contributed by atoms with van der Waals surface area (Å²) in [5, 5.41) is 49.3. The van der Waals surface area contributed by atoms with E-state index in [0.29, 0.717) is 12.3 Å².